The Kier molecular flexibility index (Phi) is 7.95. The number of anilines is 3. The molecule has 0 fully saturated rings. The normalized spacial score (nSPS) is 13.0. The minimum atomic E-state index is -0.0689. The first-order valence-corrected chi connectivity index (χ1v) is 22.1. The van der Waals surface area contributed by atoms with E-state index in [1.165, 1.54) is 44.2 Å². The Balaban J connectivity index is 0.988. The molecule has 12 aromatic rings. The Hall–Kier alpha value is -8.14. The van der Waals surface area contributed by atoms with Crippen LogP contribution in [0.1, 0.15) is 25.0 Å². The van der Waals surface area contributed by atoms with Crippen molar-refractivity contribution >= 4 is 71.7 Å². The van der Waals surface area contributed by atoms with Gasteiger partial charge in [-0.3, -0.25) is 0 Å². The van der Waals surface area contributed by atoms with Crippen LogP contribution in [0.5, 0.6) is 0 Å². The minimum Gasteiger partial charge on any atom is -0.456 e. The highest BCUT2D eigenvalue weighted by Gasteiger charge is 2.35. The van der Waals surface area contributed by atoms with E-state index >= 15 is 0 Å². The number of hydrogen-bond donors (Lipinski definition) is 0. The van der Waals surface area contributed by atoms with Gasteiger partial charge in [0, 0.05) is 38.2 Å². The van der Waals surface area contributed by atoms with Gasteiger partial charge in [0.05, 0.1) is 16.8 Å². The molecule has 302 valence electrons. The van der Waals surface area contributed by atoms with Crippen LogP contribution in [0.15, 0.2) is 221 Å². The van der Waals surface area contributed by atoms with E-state index in [4.69, 9.17) is 8.83 Å². The number of para-hydroxylation sites is 2. The SMILES string of the molecule is CC1(C)c2ccccc2-c2ccc(-c3ccc(N(c4cccc5ccccc45)c4ccc(-c5ccccc5-c5ccc6c(c5)oc5ccccc56)c5oc6ccccc6c45)cc3)cc21. The topological polar surface area (TPSA) is 29.5 Å². The summed E-state index contributed by atoms with van der Waals surface area (Å²) in [5, 5.41) is 6.73. The van der Waals surface area contributed by atoms with Crippen LogP contribution in [-0.4, -0.2) is 0 Å². The second-order valence-electron chi connectivity index (χ2n) is 17.6. The van der Waals surface area contributed by atoms with Crippen molar-refractivity contribution in [3.05, 3.63) is 223 Å². The fraction of sp³-hybridized carbons (Fsp3) is 0.0492. The zero-order chi connectivity index (χ0) is 42.5. The second kappa shape index (κ2) is 13.9. The number of fused-ring (bicyclic) bond motifs is 10. The number of nitrogens with zero attached hydrogens (tertiary/aromatic N) is 1. The Morgan fingerprint density at radius 1 is 0.359 bits per heavy atom. The predicted octanol–water partition coefficient (Wildman–Crippen LogP) is 17.4. The molecule has 0 N–H and O–H groups in total. The van der Waals surface area contributed by atoms with Crippen molar-refractivity contribution in [2.45, 2.75) is 19.3 Å². The van der Waals surface area contributed by atoms with Crippen LogP contribution in [0.3, 0.4) is 0 Å². The Labute approximate surface area is 371 Å². The summed E-state index contributed by atoms with van der Waals surface area (Å²) in [6.07, 6.45) is 0. The van der Waals surface area contributed by atoms with E-state index < -0.39 is 0 Å². The molecule has 0 atom stereocenters. The van der Waals surface area contributed by atoms with Gasteiger partial charge in [-0.25, -0.2) is 0 Å². The van der Waals surface area contributed by atoms with Crippen molar-refractivity contribution in [2.75, 3.05) is 4.90 Å². The summed E-state index contributed by atoms with van der Waals surface area (Å²) in [7, 11) is 0. The number of rotatable bonds is 6. The maximum atomic E-state index is 7.00. The maximum absolute atomic E-state index is 7.00. The van der Waals surface area contributed by atoms with Gasteiger partial charge in [-0.1, -0.05) is 166 Å². The van der Waals surface area contributed by atoms with Crippen LogP contribution >= 0.6 is 0 Å². The van der Waals surface area contributed by atoms with Crippen LogP contribution in [0.2, 0.25) is 0 Å². The summed E-state index contributed by atoms with van der Waals surface area (Å²) < 4.78 is 13.4. The van der Waals surface area contributed by atoms with Crippen molar-refractivity contribution in [3.63, 3.8) is 0 Å². The highest BCUT2D eigenvalue weighted by atomic mass is 16.3. The molecule has 0 spiro atoms. The van der Waals surface area contributed by atoms with Gasteiger partial charge in [-0.2, -0.15) is 0 Å². The van der Waals surface area contributed by atoms with E-state index in [2.05, 4.69) is 219 Å². The molecule has 0 amide bonds. The predicted molar refractivity (Wildman–Crippen MR) is 267 cm³/mol. The van der Waals surface area contributed by atoms with E-state index in [9.17, 15) is 0 Å². The molecule has 0 saturated heterocycles. The van der Waals surface area contributed by atoms with Crippen LogP contribution in [0.25, 0.3) is 99.2 Å². The van der Waals surface area contributed by atoms with Crippen molar-refractivity contribution in [3.8, 4) is 44.5 Å². The Morgan fingerprint density at radius 2 is 0.969 bits per heavy atom. The summed E-state index contributed by atoms with van der Waals surface area (Å²) in [6, 6.07) is 76.6. The molecule has 2 aromatic heterocycles. The first-order valence-electron chi connectivity index (χ1n) is 22.1. The highest BCUT2D eigenvalue weighted by Crippen LogP contribution is 2.51. The molecule has 0 aliphatic heterocycles. The minimum absolute atomic E-state index is 0.0689. The molecule has 3 heteroatoms. The molecule has 0 unspecified atom stereocenters. The molecular weight excluding hydrogens is 779 g/mol. The first-order chi connectivity index (χ1) is 31.5. The average molecular weight is 820 g/mol. The summed E-state index contributed by atoms with van der Waals surface area (Å²) in [4.78, 5) is 2.42. The van der Waals surface area contributed by atoms with Gasteiger partial charge in [0.25, 0.3) is 0 Å². The molecule has 0 bridgehead atoms. The zero-order valence-corrected chi connectivity index (χ0v) is 35.5. The van der Waals surface area contributed by atoms with E-state index in [1.807, 2.05) is 12.1 Å². The first kappa shape index (κ1) is 36.5. The molecule has 1 aliphatic rings. The fourth-order valence-corrected chi connectivity index (χ4v) is 10.6. The van der Waals surface area contributed by atoms with Crippen molar-refractivity contribution in [1.29, 1.82) is 0 Å². The fourth-order valence-electron chi connectivity index (χ4n) is 10.6. The van der Waals surface area contributed by atoms with Crippen LogP contribution in [0.4, 0.5) is 17.1 Å². The largest absolute Gasteiger partial charge is 0.456 e. The molecular formula is C61H41NO2. The summed E-state index contributed by atoms with van der Waals surface area (Å²) >= 11 is 0. The molecule has 3 nitrogen and oxygen atoms in total. The van der Waals surface area contributed by atoms with Crippen molar-refractivity contribution in [2.24, 2.45) is 0 Å². The lowest BCUT2D eigenvalue weighted by molar-refractivity contribution is 0.660. The average Bonchev–Trinajstić information content (AvgIpc) is 4.00. The van der Waals surface area contributed by atoms with Gasteiger partial charge < -0.3 is 13.7 Å². The summed E-state index contributed by atoms with van der Waals surface area (Å²) in [5.41, 5.74) is 18.8. The lowest BCUT2D eigenvalue weighted by atomic mass is 9.81. The highest BCUT2D eigenvalue weighted by molar-refractivity contribution is 6.19. The van der Waals surface area contributed by atoms with E-state index in [-0.39, 0.29) is 5.41 Å². The Morgan fingerprint density at radius 3 is 1.81 bits per heavy atom. The van der Waals surface area contributed by atoms with Crippen molar-refractivity contribution < 1.29 is 8.83 Å². The van der Waals surface area contributed by atoms with Crippen LogP contribution in [-0.2, 0) is 5.41 Å². The molecule has 2 heterocycles. The number of furan rings is 2. The van der Waals surface area contributed by atoms with Crippen molar-refractivity contribution in [1.82, 2.24) is 0 Å². The number of hydrogen-bond acceptors (Lipinski definition) is 3. The lowest BCUT2D eigenvalue weighted by Crippen LogP contribution is -2.14. The maximum Gasteiger partial charge on any atom is 0.145 e. The summed E-state index contributed by atoms with van der Waals surface area (Å²) in [5.74, 6) is 0. The van der Waals surface area contributed by atoms with Gasteiger partial charge in [-0.15, -0.1) is 0 Å². The van der Waals surface area contributed by atoms with E-state index in [0.29, 0.717) is 0 Å². The van der Waals surface area contributed by atoms with Gasteiger partial charge >= 0.3 is 0 Å². The van der Waals surface area contributed by atoms with Gasteiger partial charge in [0.15, 0.2) is 0 Å². The van der Waals surface area contributed by atoms with Crippen LogP contribution < -0.4 is 4.90 Å². The zero-order valence-electron chi connectivity index (χ0n) is 35.5. The van der Waals surface area contributed by atoms with Gasteiger partial charge in [0.1, 0.15) is 22.3 Å². The standard InChI is InChI=1S/C61H41NO2/c1-61(2)52-22-10-7-19-46(52)47-32-28-40(36-53(47)61)38-26-30-42(31-27-38)62(54-23-13-15-39-14-3-4-17-44(39)54)55-35-34-50(60-59(55)51-21-9-12-25-57(51)64-60)45-18-6-5-16-43(45)41-29-33-49-48-20-8-11-24-56(48)63-58(49)37-41/h3-37H,1-2H3. The number of benzene rings is 10. The third kappa shape index (κ3) is 5.47. The second-order valence-corrected chi connectivity index (χ2v) is 17.6. The van der Waals surface area contributed by atoms with Gasteiger partial charge in [-0.05, 0) is 116 Å². The lowest BCUT2D eigenvalue weighted by Gasteiger charge is -2.28. The summed E-state index contributed by atoms with van der Waals surface area (Å²) in [6.45, 7) is 4.69. The van der Waals surface area contributed by atoms with Gasteiger partial charge in [0.2, 0.25) is 0 Å². The van der Waals surface area contributed by atoms with Crippen LogP contribution in [0, 0.1) is 0 Å². The smallest absolute Gasteiger partial charge is 0.145 e. The Bertz CT molecular complexity index is 3820. The molecule has 0 saturated carbocycles. The molecule has 1 aliphatic carbocycles. The third-order valence-corrected chi connectivity index (χ3v) is 13.7. The third-order valence-electron chi connectivity index (χ3n) is 13.7. The molecule has 0 radical (unpaired) electrons. The molecule has 10 aromatic carbocycles. The van der Waals surface area contributed by atoms with E-state index in [0.717, 1.165) is 83.2 Å². The molecule has 64 heavy (non-hydrogen) atoms. The molecule has 13 rings (SSSR count). The van der Waals surface area contributed by atoms with E-state index in [1.54, 1.807) is 0 Å². The monoisotopic (exact) mass is 819 g/mol. The quantitative estimate of drug-likeness (QED) is 0.167.